The first-order chi connectivity index (χ1) is 8.47. The van der Waals surface area contributed by atoms with Crippen LogP contribution in [0.2, 0.25) is 0 Å². The Hall–Kier alpha value is -2.17. The van der Waals surface area contributed by atoms with Crippen LogP contribution in [0.15, 0.2) is 12.3 Å². The molecule has 0 unspecified atom stereocenters. The lowest BCUT2D eigenvalue weighted by atomic mass is 9.98. The smallest absolute Gasteiger partial charge is 0.166 e. The third kappa shape index (κ3) is 1.68. The second-order valence-electron chi connectivity index (χ2n) is 4.33. The third-order valence-electron chi connectivity index (χ3n) is 3.10. The zero-order valence-corrected chi connectivity index (χ0v) is 11.0. The van der Waals surface area contributed by atoms with Gasteiger partial charge in [0.05, 0.1) is 13.3 Å². The van der Waals surface area contributed by atoms with E-state index >= 15 is 0 Å². The molecule has 0 amide bonds. The van der Waals surface area contributed by atoms with Crippen LogP contribution in [0.5, 0.6) is 11.5 Å². The van der Waals surface area contributed by atoms with Crippen LogP contribution in [0.25, 0.3) is 11.1 Å². The number of phenols is 1. The van der Waals surface area contributed by atoms with E-state index in [9.17, 15) is 5.11 Å². The molecule has 5 nitrogen and oxygen atoms in total. The molecule has 0 spiro atoms. The molecule has 0 radical (unpaired) electrons. The number of hydrogen-bond acceptors (Lipinski definition) is 4. The van der Waals surface area contributed by atoms with Crippen molar-refractivity contribution in [3.63, 3.8) is 0 Å². The Morgan fingerprint density at radius 1 is 1.33 bits per heavy atom. The fourth-order valence-electron chi connectivity index (χ4n) is 2.19. The summed E-state index contributed by atoms with van der Waals surface area (Å²) in [5, 5.41) is 14.4. The number of ether oxygens (including phenoxy) is 1. The minimum absolute atomic E-state index is 0.106. The summed E-state index contributed by atoms with van der Waals surface area (Å²) in [4.78, 5) is 0. The summed E-state index contributed by atoms with van der Waals surface area (Å²) in [7, 11) is 3.30. The number of nitrogens with two attached hydrogens (primary N) is 1. The van der Waals surface area contributed by atoms with Gasteiger partial charge in [0.25, 0.3) is 0 Å². The van der Waals surface area contributed by atoms with Crippen LogP contribution >= 0.6 is 0 Å². The highest BCUT2D eigenvalue weighted by Gasteiger charge is 2.19. The maximum Gasteiger partial charge on any atom is 0.166 e. The molecule has 0 saturated carbocycles. The van der Waals surface area contributed by atoms with Crippen LogP contribution in [0.3, 0.4) is 0 Å². The highest BCUT2D eigenvalue weighted by Crippen LogP contribution is 2.43. The molecular weight excluding hydrogens is 230 g/mol. The highest BCUT2D eigenvalue weighted by atomic mass is 16.5. The van der Waals surface area contributed by atoms with Gasteiger partial charge in [-0.2, -0.15) is 5.10 Å². The predicted molar refractivity (Wildman–Crippen MR) is 70.7 cm³/mol. The van der Waals surface area contributed by atoms with Crippen molar-refractivity contribution in [1.29, 1.82) is 0 Å². The predicted octanol–water partition coefficient (Wildman–Crippen LogP) is 2.00. The van der Waals surface area contributed by atoms with Crippen LogP contribution in [-0.4, -0.2) is 22.0 Å². The lowest BCUT2D eigenvalue weighted by molar-refractivity contribution is 0.371. The fraction of sp³-hybridized carbons (Fsp3) is 0.308. The number of aryl methyl sites for hydroxylation is 3. The number of nitrogens with zero attached hydrogens (tertiary/aromatic N) is 2. The summed E-state index contributed by atoms with van der Waals surface area (Å²) in [6.07, 6.45) is 1.64. The molecule has 0 fully saturated rings. The van der Waals surface area contributed by atoms with Crippen molar-refractivity contribution in [2.45, 2.75) is 13.8 Å². The number of hydrogen-bond donors (Lipinski definition) is 2. The minimum atomic E-state index is 0.106. The summed E-state index contributed by atoms with van der Waals surface area (Å²) in [5.74, 6) is 1.09. The minimum Gasteiger partial charge on any atom is -0.504 e. The lowest BCUT2D eigenvalue weighted by Gasteiger charge is -2.14. The van der Waals surface area contributed by atoms with E-state index in [1.165, 1.54) is 7.11 Å². The maximum atomic E-state index is 10.3. The van der Waals surface area contributed by atoms with E-state index in [4.69, 9.17) is 10.5 Å². The number of methoxy groups -OCH3 is 1. The molecule has 96 valence electrons. The first-order valence-corrected chi connectivity index (χ1v) is 5.62. The summed E-state index contributed by atoms with van der Waals surface area (Å²) >= 11 is 0. The van der Waals surface area contributed by atoms with Crippen LogP contribution < -0.4 is 10.5 Å². The van der Waals surface area contributed by atoms with Crippen molar-refractivity contribution in [1.82, 2.24) is 9.78 Å². The van der Waals surface area contributed by atoms with Gasteiger partial charge in [-0.3, -0.25) is 4.68 Å². The van der Waals surface area contributed by atoms with Crippen molar-refractivity contribution >= 4 is 5.82 Å². The number of benzene rings is 1. The summed E-state index contributed by atoms with van der Waals surface area (Å²) in [6, 6.07) is 1.96. The van der Waals surface area contributed by atoms with Crippen LogP contribution in [0.4, 0.5) is 5.82 Å². The largest absolute Gasteiger partial charge is 0.504 e. The van der Waals surface area contributed by atoms with Crippen LogP contribution in [0.1, 0.15) is 11.1 Å². The van der Waals surface area contributed by atoms with Crippen molar-refractivity contribution in [2.75, 3.05) is 12.8 Å². The van der Waals surface area contributed by atoms with Gasteiger partial charge in [0, 0.05) is 18.2 Å². The molecule has 0 aliphatic carbocycles. The summed E-state index contributed by atoms with van der Waals surface area (Å²) in [5.41, 5.74) is 9.16. The van der Waals surface area contributed by atoms with Gasteiger partial charge in [-0.25, -0.2) is 0 Å². The molecule has 3 N–H and O–H groups in total. The van der Waals surface area contributed by atoms with Gasteiger partial charge in [-0.15, -0.1) is 0 Å². The van der Waals surface area contributed by atoms with E-state index in [1.807, 2.05) is 19.9 Å². The van der Waals surface area contributed by atoms with Gasteiger partial charge in [0.1, 0.15) is 5.82 Å². The molecule has 1 heterocycles. The Balaban J connectivity index is 2.75. The van der Waals surface area contributed by atoms with E-state index in [1.54, 1.807) is 17.9 Å². The molecule has 0 saturated heterocycles. The third-order valence-corrected chi connectivity index (χ3v) is 3.10. The quantitative estimate of drug-likeness (QED) is 0.851. The molecule has 2 rings (SSSR count). The molecule has 0 aliphatic rings. The van der Waals surface area contributed by atoms with Gasteiger partial charge in [-0.05, 0) is 25.0 Å². The van der Waals surface area contributed by atoms with Crippen molar-refractivity contribution in [3.8, 4) is 22.6 Å². The summed E-state index contributed by atoms with van der Waals surface area (Å²) in [6.45, 7) is 3.82. The first-order valence-electron chi connectivity index (χ1n) is 5.62. The molecule has 5 heteroatoms. The normalized spacial score (nSPS) is 10.7. The number of rotatable bonds is 2. The molecule has 1 aromatic carbocycles. The molecule has 0 bridgehead atoms. The zero-order chi connectivity index (χ0) is 13.4. The molecule has 2 aromatic rings. The number of nitrogen functional groups attached to an aromatic ring is 1. The summed E-state index contributed by atoms with van der Waals surface area (Å²) < 4.78 is 6.79. The van der Waals surface area contributed by atoms with Crippen molar-refractivity contribution in [2.24, 2.45) is 7.05 Å². The van der Waals surface area contributed by atoms with Gasteiger partial charge in [0.2, 0.25) is 0 Å². The van der Waals surface area contributed by atoms with Crippen LogP contribution in [0, 0.1) is 13.8 Å². The van der Waals surface area contributed by atoms with E-state index in [2.05, 4.69) is 5.10 Å². The number of phenolic OH excluding ortho intramolecular Hbond substituents is 1. The van der Waals surface area contributed by atoms with E-state index in [0.29, 0.717) is 22.7 Å². The Bertz CT molecular complexity index is 603. The topological polar surface area (TPSA) is 73.3 Å². The van der Waals surface area contributed by atoms with Crippen molar-refractivity contribution in [3.05, 3.63) is 23.4 Å². The molecule has 0 atom stereocenters. The van der Waals surface area contributed by atoms with Gasteiger partial charge in [-0.1, -0.05) is 6.07 Å². The number of aromatic hydroxyl groups is 1. The second-order valence-corrected chi connectivity index (χ2v) is 4.33. The van der Waals surface area contributed by atoms with Gasteiger partial charge in [0.15, 0.2) is 11.5 Å². The van der Waals surface area contributed by atoms with Gasteiger partial charge < -0.3 is 15.6 Å². The van der Waals surface area contributed by atoms with Crippen LogP contribution in [-0.2, 0) is 7.05 Å². The Morgan fingerprint density at radius 2 is 2.00 bits per heavy atom. The Labute approximate surface area is 106 Å². The average molecular weight is 247 g/mol. The van der Waals surface area contributed by atoms with E-state index in [0.717, 1.165) is 11.1 Å². The second kappa shape index (κ2) is 4.25. The van der Waals surface area contributed by atoms with E-state index < -0.39 is 0 Å². The number of aromatic nitrogens is 2. The Morgan fingerprint density at radius 3 is 2.50 bits per heavy atom. The van der Waals surface area contributed by atoms with E-state index in [-0.39, 0.29) is 5.75 Å². The highest BCUT2D eigenvalue weighted by molar-refractivity contribution is 5.83. The lowest BCUT2D eigenvalue weighted by Crippen LogP contribution is -1.99. The monoisotopic (exact) mass is 247 g/mol. The average Bonchev–Trinajstić information content (AvgIpc) is 2.61. The fourth-order valence-corrected chi connectivity index (χ4v) is 2.19. The zero-order valence-electron chi connectivity index (χ0n) is 11.0. The number of anilines is 1. The molecular formula is C13H17N3O2. The SMILES string of the molecule is COc1c(C)cc(C)c(-c2cnn(C)c2N)c1O. The first kappa shape index (κ1) is 12.3. The Kier molecular flexibility index (Phi) is 2.90. The molecule has 0 aliphatic heterocycles. The standard InChI is InChI=1S/C13H17N3O2/c1-7-5-8(2)12(18-4)11(17)10(7)9-6-15-16(3)13(9)14/h5-6,17H,14H2,1-4H3. The van der Waals surface area contributed by atoms with Crippen molar-refractivity contribution < 1.29 is 9.84 Å². The molecule has 18 heavy (non-hydrogen) atoms. The van der Waals surface area contributed by atoms with Gasteiger partial charge >= 0.3 is 0 Å². The molecule has 1 aromatic heterocycles. The maximum absolute atomic E-state index is 10.3.